The Bertz CT molecular complexity index is 204. The number of hydrogen-bond acceptors (Lipinski definition) is 2. The minimum absolute atomic E-state index is 0.0621. The van der Waals surface area contributed by atoms with E-state index in [9.17, 15) is 0 Å². The van der Waals surface area contributed by atoms with Crippen LogP contribution in [-0.2, 0) is 9.47 Å². The van der Waals surface area contributed by atoms with E-state index in [0.717, 1.165) is 5.57 Å². The molecule has 1 unspecified atom stereocenters. The third kappa shape index (κ3) is 5.00. The van der Waals surface area contributed by atoms with E-state index in [1.807, 2.05) is 19.9 Å². The van der Waals surface area contributed by atoms with Crippen LogP contribution in [0, 0.1) is 0 Å². The highest BCUT2D eigenvalue weighted by Gasteiger charge is 2.11. The van der Waals surface area contributed by atoms with Crippen LogP contribution in [0.25, 0.3) is 0 Å². The van der Waals surface area contributed by atoms with E-state index < -0.39 is 0 Å². The van der Waals surface area contributed by atoms with Crippen LogP contribution in [0.5, 0.6) is 0 Å². The second-order valence-electron chi connectivity index (χ2n) is 3.21. The van der Waals surface area contributed by atoms with Gasteiger partial charge in [0.1, 0.15) is 6.10 Å². The molecule has 0 aliphatic heterocycles. The van der Waals surface area contributed by atoms with Crippen molar-refractivity contribution in [1.82, 2.24) is 0 Å². The first kappa shape index (κ1) is 13.1. The maximum atomic E-state index is 5.48. The monoisotopic (exact) mass is 196 g/mol. The Balaban J connectivity index is 4.29. The molecule has 0 N–H and O–H groups in total. The Morgan fingerprint density at radius 3 is 2.36 bits per heavy atom. The third-order valence-corrected chi connectivity index (χ3v) is 1.78. The second kappa shape index (κ2) is 7.54. The first-order chi connectivity index (χ1) is 6.65. The molecule has 0 saturated carbocycles. The Morgan fingerprint density at radius 2 is 2.00 bits per heavy atom. The lowest BCUT2D eigenvalue weighted by atomic mass is 10.1. The number of ether oxygens (including phenoxy) is 2. The maximum Gasteiger partial charge on any atom is 0.105 e. The van der Waals surface area contributed by atoms with Crippen molar-refractivity contribution in [3.63, 3.8) is 0 Å². The van der Waals surface area contributed by atoms with Crippen LogP contribution in [0.4, 0.5) is 0 Å². The van der Waals surface area contributed by atoms with Crippen LogP contribution in [0.1, 0.15) is 13.8 Å². The molecule has 0 fully saturated rings. The fraction of sp³-hybridized carbons (Fsp3) is 0.500. The Labute approximate surface area is 86.9 Å². The first-order valence-electron chi connectivity index (χ1n) is 4.75. The van der Waals surface area contributed by atoms with Gasteiger partial charge in [0, 0.05) is 7.11 Å². The van der Waals surface area contributed by atoms with Gasteiger partial charge in [-0.2, -0.15) is 0 Å². The quantitative estimate of drug-likeness (QED) is 0.583. The van der Waals surface area contributed by atoms with Gasteiger partial charge < -0.3 is 9.47 Å². The highest BCUT2D eigenvalue weighted by Crippen LogP contribution is 2.09. The SMILES string of the molecule is C=C/C=C(\C=C)C(COC(C)C)OC. The lowest BCUT2D eigenvalue weighted by Gasteiger charge is -2.18. The van der Waals surface area contributed by atoms with Crippen molar-refractivity contribution in [3.05, 3.63) is 37.0 Å². The molecule has 0 aromatic carbocycles. The topological polar surface area (TPSA) is 18.5 Å². The average Bonchev–Trinajstić information content (AvgIpc) is 2.16. The summed E-state index contributed by atoms with van der Waals surface area (Å²) in [6.45, 7) is 11.9. The van der Waals surface area contributed by atoms with Crippen LogP contribution in [-0.4, -0.2) is 25.9 Å². The smallest absolute Gasteiger partial charge is 0.105 e. The molecule has 0 spiro atoms. The van der Waals surface area contributed by atoms with Gasteiger partial charge in [-0.05, 0) is 19.4 Å². The summed E-state index contributed by atoms with van der Waals surface area (Å²) < 4.78 is 10.8. The zero-order chi connectivity index (χ0) is 11.0. The fourth-order valence-electron chi connectivity index (χ4n) is 1.02. The summed E-state index contributed by atoms with van der Waals surface area (Å²) in [5.74, 6) is 0. The van der Waals surface area contributed by atoms with Gasteiger partial charge in [-0.25, -0.2) is 0 Å². The Morgan fingerprint density at radius 1 is 1.36 bits per heavy atom. The summed E-state index contributed by atoms with van der Waals surface area (Å²) in [6, 6.07) is 0. The molecule has 0 heterocycles. The summed E-state index contributed by atoms with van der Waals surface area (Å²) in [5.41, 5.74) is 0.989. The van der Waals surface area contributed by atoms with Crippen molar-refractivity contribution < 1.29 is 9.47 Å². The summed E-state index contributed by atoms with van der Waals surface area (Å²) in [5, 5.41) is 0. The van der Waals surface area contributed by atoms with E-state index in [1.54, 1.807) is 19.3 Å². The van der Waals surface area contributed by atoms with Gasteiger partial charge in [0.2, 0.25) is 0 Å². The van der Waals surface area contributed by atoms with Gasteiger partial charge in [0.25, 0.3) is 0 Å². The molecule has 2 nitrogen and oxygen atoms in total. The van der Waals surface area contributed by atoms with E-state index in [-0.39, 0.29) is 12.2 Å². The van der Waals surface area contributed by atoms with Crippen LogP contribution in [0.3, 0.4) is 0 Å². The van der Waals surface area contributed by atoms with Gasteiger partial charge >= 0.3 is 0 Å². The van der Waals surface area contributed by atoms with E-state index in [4.69, 9.17) is 9.47 Å². The van der Waals surface area contributed by atoms with Gasteiger partial charge in [-0.15, -0.1) is 0 Å². The highest BCUT2D eigenvalue weighted by molar-refractivity contribution is 5.25. The predicted molar refractivity (Wildman–Crippen MR) is 60.4 cm³/mol. The summed E-state index contributed by atoms with van der Waals surface area (Å²) >= 11 is 0. The predicted octanol–water partition coefficient (Wildman–Crippen LogP) is 2.72. The van der Waals surface area contributed by atoms with Gasteiger partial charge in [-0.1, -0.05) is 31.4 Å². The molecule has 0 saturated heterocycles. The van der Waals surface area contributed by atoms with Gasteiger partial charge in [0.05, 0.1) is 12.7 Å². The number of hydrogen-bond donors (Lipinski definition) is 0. The van der Waals surface area contributed by atoms with Crippen molar-refractivity contribution in [2.75, 3.05) is 13.7 Å². The number of rotatable bonds is 7. The van der Waals surface area contributed by atoms with Gasteiger partial charge in [-0.3, -0.25) is 0 Å². The minimum atomic E-state index is -0.0621. The van der Waals surface area contributed by atoms with E-state index in [0.29, 0.717) is 6.61 Å². The Hall–Kier alpha value is -0.860. The number of allylic oxidation sites excluding steroid dienone is 2. The molecule has 0 radical (unpaired) electrons. The third-order valence-electron chi connectivity index (χ3n) is 1.78. The molecule has 0 aliphatic carbocycles. The maximum absolute atomic E-state index is 5.48. The fourth-order valence-corrected chi connectivity index (χ4v) is 1.02. The van der Waals surface area contributed by atoms with Crippen LogP contribution in [0.15, 0.2) is 37.0 Å². The van der Waals surface area contributed by atoms with E-state index >= 15 is 0 Å². The van der Waals surface area contributed by atoms with Crippen LogP contribution >= 0.6 is 0 Å². The molecular weight excluding hydrogens is 176 g/mol. The Kier molecular flexibility index (Phi) is 7.07. The molecule has 0 rings (SSSR count). The summed E-state index contributed by atoms with van der Waals surface area (Å²) in [4.78, 5) is 0. The molecule has 1 atom stereocenters. The standard InChI is InChI=1S/C12H20O2/c1-6-8-11(7-2)12(13-5)9-14-10(3)4/h6-8,10,12H,1-2,9H2,3-5H3/b11-8+. The lowest BCUT2D eigenvalue weighted by Crippen LogP contribution is -2.22. The van der Waals surface area contributed by atoms with Crippen LogP contribution < -0.4 is 0 Å². The van der Waals surface area contributed by atoms with Crippen molar-refractivity contribution in [3.8, 4) is 0 Å². The van der Waals surface area contributed by atoms with Crippen molar-refractivity contribution in [1.29, 1.82) is 0 Å². The molecule has 0 bridgehead atoms. The average molecular weight is 196 g/mol. The molecule has 0 amide bonds. The molecular formula is C12H20O2. The molecule has 14 heavy (non-hydrogen) atoms. The van der Waals surface area contributed by atoms with E-state index in [1.165, 1.54) is 0 Å². The molecule has 0 aromatic rings. The zero-order valence-corrected chi connectivity index (χ0v) is 9.32. The van der Waals surface area contributed by atoms with Crippen LogP contribution in [0.2, 0.25) is 0 Å². The minimum Gasteiger partial charge on any atom is -0.376 e. The van der Waals surface area contributed by atoms with Gasteiger partial charge in [0.15, 0.2) is 0 Å². The lowest BCUT2D eigenvalue weighted by molar-refractivity contribution is 0.00186. The van der Waals surface area contributed by atoms with Crippen molar-refractivity contribution in [2.45, 2.75) is 26.1 Å². The van der Waals surface area contributed by atoms with E-state index in [2.05, 4.69) is 13.2 Å². The number of methoxy groups -OCH3 is 1. The van der Waals surface area contributed by atoms with Crippen molar-refractivity contribution in [2.24, 2.45) is 0 Å². The largest absolute Gasteiger partial charge is 0.376 e. The first-order valence-corrected chi connectivity index (χ1v) is 4.75. The molecule has 2 heteroatoms. The van der Waals surface area contributed by atoms with Crippen molar-refractivity contribution >= 4 is 0 Å². The zero-order valence-electron chi connectivity index (χ0n) is 9.32. The second-order valence-corrected chi connectivity index (χ2v) is 3.21. The normalized spacial score (nSPS) is 14.1. The summed E-state index contributed by atoms with van der Waals surface area (Å²) in [6.07, 6.45) is 5.51. The summed E-state index contributed by atoms with van der Waals surface area (Å²) in [7, 11) is 1.66. The molecule has 0 aromatic heterocycles. The molecule has 80 valence electrons. The molecule has 0 aliphatic rings. The highest BCUT2D eigenvalue weighted by atomic mass is 16.5.